The van der Waals surface area contributed by atoms with Crippen LogP contribution in [0.2, 0.25) is 0 Å². The molecule has 1 heterocycles. The molecule has 3 aromatic carbocycles. The number of aryl methyl sites for hydroxylation is 1. The molecule has 1 amide bonds. The summed E-state index contributed by atoms with van der Waals surface area (Å²) in [5.41, 5.74) is 6.14. The number of nitrogens with zero attached hydrogens (tertiary/aromatic N) is 1. The van der Waals surface area contributed by atoms with Gasteiger partial charge in [0.2, 0.25) is 5.91 Å². The van der Waals surface area contributed by atoms with Gasteiger partial charge in [0.05, 0.1) is 11.1 Å². The number of benzene rings is 3. The lowest BCUT2D eigenvalue weighted by Gasteiger charge is -2.15. The van der Waals surface area contributed by atoms with Gasteiger partial charge in [0.1, 0.15) is 0 Å². The number of carbonyl (C=O) groups excluding carboxylic acids is 1. The van der Waals surface area contributed by atoms with Gasteiger partial charge in [-0.25, -0.2) is 0 Å². The second kappa shape index (κ2) is 6.48. The van der Waals surface area contributed by atoms with E-state index in [0.717, 1.165) is 17.7 Å². The molecule has 4 nitrogen and oxygen atoms in total. The third-order valence-electron chi connectivity index (χ3n) is 4.87. The number of primary amides is 1. The van der Waals surface area contributed by atoms with Gasteiger partial charge in [-0.3, -0.25) is 14.2 Å². The first-order chi connectivity index (χ1) is 13.7. The van der Waals surface area contributed by atoms with E-state index in [2.05, 4.69) is 0 Å². The fourth-order valence-corrected chi connectivity index (χ4v) is 3.46. The molecule has 0 aliphatic heterocycles. The fraction of sp³-hybridized carbons (Fsp3) is 0.0909. The Morgan fingerprint density at radius 3 is 2.21 bits per heavy atom. The van der Waals surface area contributed by atoms with Crippen molar-refractivity contribution in [2.45, 2.75) is 13.1 Å². The predicted octanol–water partition coefficient (Wildman–Crippen LogP) is 4.57. The highest BCUT2D eigenvalue weighted by Gasteiger charge is 2.30. The van der Waals surface area contributed by atoms with Gasteiger partial charge in [-0.2, -0.15) is 13.2 Å². The predicted molar refractivity (Wildman–Crippen MR) is 105 cm³/mol. The number of alkyl halides is 3. The Labute approximate surface area is 163 Å². The summed E-state index contributed by atoms with van der Waals surface area (Å²) in [7, 11) is 0. The Balaban J connectivity index is 2.10. The lowest BCUT2D eigenvalue weighted by Crippen LogP contribution is -2.20. The van der Waals surface area contributed by atoms with Crippen LogP contribution in [0.1, 0.15) is 21.5 Å². The average molecular weight is 396 g/mol. The molecule has 29 heavy (non-hydrogen) atoms. The first-order valence-electron chi connectivity index (χ1n) is 8.73. The van der Waals surface area contributed by atoms with Crippen LogP contribution >= 0.6 is 0 Å². The van der Waals surface area contributed by atoms with E-state index in [0.29, 0.717) is 27.4 Å². The molecule has 0 aliphatic rings. The first-order valence-corrected chi connectivity index (χ1v) is 8.73. The molecule has 146 valence electrons. The van der Waals surface area contributed by atoms with Gasteiger partial charge in [0, 0.05) is 22.0 Å². The maximum absolute atomic E-state index is 13.2. The van der Waals surface area contributed by atoms with Crippen LogP contribution in [0.25, 0.3) is 27.4 Å². The Bertz CT molecular complexity index is 1340. The third kappa shape index (κ3) is 3.14. The van der Waals surface area contributed by atoms with E-state index in [1.54, 1.807) is 24.3 Å². The molecule has 0 saturated heterocycles. The average Bonchev–Trinajstić information content (AvgIpc) is 2.67. The van der Waals surface area contributed by atoms with E-state index in [1.165, 1.54) is 22.8 Å². The van der Waals surface area contributed by atoms with Crippen molar-refractivity contribution in [3.63, 3.8) is 0 Å². The molecule has 0 spiro atoms. The summed E-state index contributed by atoms with van der Waals surface area (Å²) in [4.78, 5) is 24.9. The highest BCUT2D eigenvalue weighted by molar-refractivity contribution is 6.09. The van der Waals surface area contributed by atoms with Gasteiger partial charge in [0.15, 0.2) is 0 Å². The molecule has 4 rings (SSSR count). The molecule has 2 N–H and O–H groups in total. The maximum atomic E-state index is 13.2. The van der Waals surface area contributed by atoms with Crippen LogP contribution in [0, 0.1) is 6.92 Å². The number of halogens is 3. The second-order valence-electron chi connectivity index (χ2n) is 6.83. The van der Waals surface area contributed by atoms with E-state index < -0.39 is 17.6 Å². The molecule has 0 atom stereocenters. The van der Waals surface area contributed by atoms with Crippen molar-refractivity contribution in [1.82, 2.24) is 4.57 Å². The lowest BCUT2D eigenvalue weighted by atomic mass is 10.0. The van der Waals surface area contributed by atoms with E-state index in [-0.39, 0.29) is 11.1 Å². The Morgan fingerprint density at radius 2 is 1.59 bits per heavy atom. The van der Waals surface area contributed by atoms with Crippen molar-refractivity contribution >= 4 is 27.6 Å². The van der Waals surface area contributed by atoms with Crippen LogP contribution in [-0.4, -0.2) is 10.5 Å². The van der Waals surface area contributed by atoms with Crippen molar-refractivity contribution in [3.8, 4) is 5.69 Å². The fourth-order valence-electron chi connectivity index (χ4n) is 3.46. The van der Waals surface area contributed by atoms with Crippen LogP contribution < -0.4 is 11.3 Å². The Kier molecular flexibility index (Phi) is 4.19. The summed E-state index contributed by atoms with van der Waals surface area (Å²) >= 11 is 0. The van der Waals surface area contributed by atoms with Gasteiger partial charge >= 0.3 is 6.18 Å². The van der Waals surface area contributed by atoms with E-state index in [9.17, 15) is 22.8 Å². The zero-order valence-electron chi connectivity index (χ0n) is 15.2. The summed E-state index contributed by atoms with van der Waals surface area (Å²) in [6.45, 7) is 1.84. The SMILES string of the molecule is Cc1ccc2c(c1)c(=O)n(-c1ccc(C(F)(F)F)cc1)c1ccc(C(N)=O)cc21. The van der Waals surface area contributed by atoms with Crippen LogP contribution in [0.3, 0.4) is 0 Å². The summed E-state index contributed by atoms with van der Waals surface area (Å²) in [5, 5.41) is 1.65. The van der Waals surface area contributed by atoms with Crippen molar-refractivity contribution in [1.29, 1.82) is 0 Å². The molecule has 1 aromatic heterocycles. The maximum Gasteiger partial charge on any atom is 0.416 e. The van der Waals surface area contributed by atoms with E-state index in [1.807, 2.05) is 13.0 Å². The topological polar surface area (TPSA) is 65.1 Å². The Morgan fingerprint density at radius 1 is 0.897 bits per heavy atom. The van der Waals surface area contributed by atoms with Crippen molar-refractivity contribution in [2.24, 2.45) is 5.73 Å². The molecule has 4 aromatic rings. The van der Waals surface area contributed by atoms with Crippen LogP contribution in [0.15, 0.2) is 65.5 Å². The van der Waals surface area contributed by atoms with Crippen molar-refractivity contribution in [3.05, 3.63) is 87.7 Å². The summed E-state index contributed by atoms with van der Waals surface area (Å²) in [6.07, 6.45) is -4.47. The van der Waals surface area contributed by atoms with E-state index >= 15 is 0 Å². The van der Waals surface area contributed by atoms with E-state index in [4.69, 9.17) is 5.73 Å². The number of aromatic nitrogens is 1. The standard InChI is InChI=1S/C22H15F3N2O2/c1-12-2-8-16-17-11-13(20(26)28)3-9-19(17)27(21(29)18(16)10-12)15-6-4-14(5-7-15)22(23,24)25/h2-11H,1H3,(H2,26,28). The number of carbonyl (C=O) groups is 1. The number of nitrogens with two attached hydrogens (primary N) is 1. The molecular formula is C22H15F3N2O2. The monoisotopic (exact) mass is 396 g/mol. The number of amides is 1. The van der Waals surface area contributed by atoms with Crippen LogP contribution in [0.4, 0.5) is 13.2 Å². The normalized spacial score (nSPS) is 11.9. The highest BCUT2D eigenvalue weighted by atomic mass is 19.4. The summed E-state index contributed by atoms with van der Waals surface area (Å²) in [5.74, 6) is -0.612. The molecular weight excluding hydrogens is 381 g/mol. The zero-order chi connectivity index (χ0) is 20.9. The lowest BCUT2D eigenvalue weighted by molar-refractivity contribution is -0.137. The summed E-state index contributed by atoms with van der Waals surface area (Å²) < 4.78 is 40.1. The van der Waals surface area contributed by atoms with Crippen LogP contribution in [-0.2, 0) is 6.18 Å². The number of hydrogen-bond acceptors (Lipinski definition) is 2. The smallest absolute Gasteiger partial charge is 0.366 e. The Hall–Kier alpha value is -3.61. The molecule has 0 saturated carbocycles. The quantitative estimate of drug-likeness (QED) is 0.505. The largest absolute Gasteiger partial charge is 0.416 e. The van der Waals surface area contributed by atoms with Gasteiger partial charge in [0.25, 0.3) is 5.56 Å². The van der Waals surface area contributed by atoms with Gasteiger partial charge in [-0.15, -0.1) is 0 Å². The number of pyridine rings is 1. The molecule has 0 unspecified atom stereocenters. The molecule has 7 heteroatoms. The molecule has 0 fully saturated rings. The van der Waals surface area contributed by atoms with Crippen molar-refractivity contribution < 1.29 is 18.0 Å². The minimum atomic E-state index is -4.47. The number of hydrogen-bond donors (Lipinski definition) is 1. The number of fused-ring (bicyclic) bond motifs is 3. The third-order valence-corrected chi connectivity index (χ3v) is 4.87. The number of rotatable bonds is 2. The first kappa shape index (κ1) is 18.7. The van der Waals surface area contributed by atoms with Gasteiger partial charge in [-0.1, -0.05) is 17.7 Å². The minimum Gasteiger partial charge on any atom is -0.366 e. The molecule has 0 aliphatic carbocycles. The zero-order valence-corrected chi connectivity index (χ0v) is 15.2. The highest BCUT2D eigenvalue weighted by Crippen LogP contribution is 2.31. The van der Waals surface area contributed by atoms with Crippen LogP contribution in [0.5, 0.6) is 0 Å². The molecule has 0 bridgehead atoms. The van der Waals surface area contributed by atoms with Gasteiger partial charge < -0.3 is 5.73 Å². The van der Waals surface area contributed by atoms with Crippen molar-refractivity contribution in [2.75, 3.05) is 0 Å². The second-order valence-corrected chi connectivity index (χ2v) is 6.83. The van der Waals surface area contributed by atoms with Gasteiger partial charge in [-0.05, 0) is 60.8 Å². The molecule has 0 radical (unpaired) electrons. The minimum absolute atomic E-state index is 0.275. The summed E-state index contributed by atoms with van der Waals surface area (Å²) in [6, 6.07) is 14.4.